The van der Waals surface area contributed by atoms with E-state index in [-0.39, 0.29) is 38.9 Å². The number of hydrogen-bond acceptors (Lipinski definition) is 6. The molecule has 0 spiro atoms. The van der Waals surface area contributed by atoms with Gasteiger partial charge in [0.1, 0.15) is 11.5 Å². The highest BCUT2D eigenvalue weighted by Crippen LogP contribution is 2.35. The summed E-state index contributed by atoms with van der Waals surface area (Å²) in [5, 5.41) is 4.17. The summed E-state index contributed by atoms with van der Waals surface area (Å²) >= 11 is 0. The van der Waals surface area contributed by atoms with Crippen molar-refractivity contribution >= 4 is 26.9 Å². The molecular formula is C21H23F3N6O2S. The van der Waals surface area contributed by atoms with Gasteiger partial charge in [0, 0.05) is 31.2 Å². The zero-order valence-corrected chi connectivity index (χ0v) is 19.5. The highest BCUT2D eigenvalue weighted by atomic mass is 32.2. The molecule has 0 saturated carbocycles. The second-order valence-electron chi connectivity index (χ2n) is 8.66. The van der Waals surface area contributed by atoms with Gasteiger partial charge >= 0.3 is 6.18 Å². The quantitative estimate of drug-likeness (QED) is 0.437. The summed E-state index contributed by atoms with van der Waals surface area (Å²) in [5.74, 6) is 0.398. The standard InChI is InChI=1S/C21H23F3N6O2S/c1-6-33(31,32)19-17(14-12-29-11-13(21(22,23)24)7-8-15(29)26-14)18-25-10-9-16(30(18)27-19)28(5)20(2,3)4/h7-12H,6H2,1-5H3. The number of fused-ring (bicyclic) bond motifs is 2. The van der Waals surface area contributed by atoms with Crippen molar-refractivity contribution in [1.82, 2.24) is 24.0 Å². The molecule has 0 aliphatic heterocycles. The Morgan fingerprint density at radius 1 is 1.09 bits per heavy atom. The van der Waals surface area contributed by atoms with E-state index in [9.17, 15) is 21.6 Å². The first-order chi connectivity index (χ1) is 15.2. The summed E-state index contributed by atoms with van der Waals surface area (Å²) < 4.78 is 68.0. The molecule has 8 nitrogen and oxygen atoms in total. The third kappa shape index (κ3) is 3.92. The van der Waals surface area contributed by atoms with E-state index in [1.165, 1.54) is 34.3 Å². The predicted molar refractivity (Wildman–Crippen MR) is 118 cm³/mol. The Balaban J connectivity index is 2.03. The third-order valence-corrected chi connectivity index (χ3v) is 7.16. The zero-order valence-electron chi connectivity index (χ0n) is 18.7. The maximum Gasteiger partial charge on any atom is 0.417 e. The topological polar surface area (TPSA) is 84.9 Å². The Labute approximate surface area is 188 Å². The van der Waals surface area contributed by atoms with Gasteiger partial charge in [0.2, 0.25) is 0 Å². The molecule has 0 aliphatic rings. The first kappa shape index (κ1) is 23.0. The lowest BCUT2D eigenvalue weighted by atomic mass is 10.1. The van der Waals surface area contributed by atoms with E-state index in [1.54, 1.807) is 6.07 Å². The molecule has 0 N–H and O–H groups in total. The van der Waals surface area contributed by atoms with E-state index in [0.717, 1.165) is 12.3 Å². The van der Waals surface area contributed by atoms with Crippen molar-refractivity contribution in [3.63, 3.8) is 0 Å². The van der Waals surface area contributed by atoms with Gasteiger partial charge in [-0.15, -0.1) is 0 Å². The van der Waals surface area contributed by atoms with Crippen molar-refractivity contribution < 1.29 is 21.6 Å². The highest BCUT2D eigenvalue weighted by Gasteiger charge is 2.32. The molecule has 0 saturated heterocycles. The van der Waals surface area contributed by atoms with Crippen molar-refractivity contribution in [2.24, 2.45) is 0 Å². The van der Waals surface area contributed by atoms with Crippen LogP contribution in [0.25, 0.3) is 22.6 Å². The summed E-state index contributed by atoms with van der Waals surface area (Å²) in [7, 11) is -1.95. The Morgan fingerprint density at radius 2 is 1.79 bits per heavy atom. The lowest BCUT2D eigenvalue weighted by Crippen LogP contribution is -2.39. The van der Waals surface area contributed by atoms with E-state index < -0.39 is 21.6 Å². The normalized spacial score (nSPS) is 13.2. The van der Waals surface area contributed by atoms with Gasteiger partial charge in [-0.3, -0.25) is 0 Å². The largest absolute Gasteiger partial charge is 0.417 e. The average Bonchev–Trinajstić information content (AvgIpc) is 3.32. The lowest BCUT2D eigenvalue weighted by molar-refractivity contribution is -0.137. The fourth-order valence-corrected chi connectivity index (χ4v) is 4.36. The minimum atomic E-state index is -4.52. The Morgan fingerprint density at radius 3 is 2.39 bits per heavy atom. The number of aromatic nitrogens is 5. The smallest absolute Gasteiger partial charge is 0.355 e. The number of imidazole rings is 1. The Bertz CT molecular complexity index is 1470. The molecule has 12 heteroatoms. The van der Waals surface area contributed by atoms with Crippen molar-refractivity contribution in [3.05, 3.63) is 42.4 Å². The van der Waals surface area contributed by atoms with Crippen LogP contribution in [0.5, 0.6) is 0 Å². The van der Waals surface area contributed by atoms with Crippen LogP contribution in [0.1, 0.15) is 33.3 Å². The van der Waals surface area contributed by atoms with Crippen molar-refractivity contribution in [2.45, 2.75) is 44.4 Å². The van der Waals surface area contributed by atoms with Gasteiger partial charge < -0.3 is 9.30 Å². The van der Waals surface area contributed by atoms with Crippen LogP contribution in [-0.2, 0) is 16.0 Å². The van der Waals surface area contributed by atoms with Crippen LogP contribution in [0.3, 0.4) is 0 Å². The maximum atomic E-state index is 13.1. The number of pyridine rings is 1. The molecule has 0 atom stereocenters. The summed E-state index contributed by atoms with van der Waals surface area (Å²) in [4.78, 5) is 10.7. The second-order valence-corrected chi connectivity index (χ2v) is 10.9. The summed E-state index contributed by atoms with van der Waals surface area (Å²) in [5.41, 5.74) is -0.346. The van der Waals surface area contributed by atoms with Crippen molar-refractivity contribution in [1.29, 1.82) is 0 Å². The zero-order chi connectivity index (χ0) is 24.3. The van der Waals surface area contributed by atoms with E-state index in [0.29, 0.717) is 5.82 Å². The van der Waals surface area contributed by atoms with Crippen molar-refractivity contribution in [2.75, 3.05) is 17.7 Å². The first-order valence-electron chi connectivity index (χ1n) is 10.1. The van der Waals surface area contributed by atoms with Gasteiger partial charge in [0.05, 0.1) is 22.6 Å². The number of anilines is 1. The maximum absolute atomic E-state index is 13.1. The molecule has 0 aliphatic carbocycles. The molecule has 176 valence electrons. The van der Waals surface area contributed by atoms with Crippen LogP contribution in [0.15, 0.2) is 41.8 Å². The molecule has 33 heavy (non-hydrogen) atoms. The number of alkyl halides is 3. The van der Waals surface area contributed by atoms with Crippen molar-refractivity contribution in [3.8, 4) is 11.3 Å². The van der Waals surface area contributed by atoms with Gasteiger partial charge in [-0.2, -0.15) is 22.8 Å². The monoisotopic (exact) mass is 480 g/mol. The number of halogens is 3. The lowest BCUT2D eigenvalue weighted by Gasteiger charge is -2.33. The van der Waals surface area contributed by atoms with Gasteiger partial charge in [-0.25, -0.2) is 18.4 Å². The second kappa shape index (κ2) is 7.44. The third-order valence-electron chi connectivity index (χ3n) is 5.53. The molecule has 0 unspecified atom stereocenters. The summed E-state index contributed by atoms with van der Waals surface area (Å²) in [6, 6.07) is 3.88. The molecular weight excluding hydrogens is 457 g/mol. The molecule has 4 rings (SSSR count). The van der Waals surface area contributed by atoms with Gasteiger partial charge in [-0.05, 0) is 39.0 Å². The fraction of sp³-hybridized carbons (Fsp3) is 0.381. The SMILES string of the molecule is CCS(=O)(=O)c1nn2c(N(C)C(C)(C)C)ccnc2c1-c1cn2cc(C(F)(F)F)ccc2n1. The number of rotatable bonds is 4. The van der Waals surface area contributed by atoms with Gasteiger partial charge in [-0.1, -0.05) is 6.92 Å². The van der Waals surface area contributed by atoms with E-state index in [4.69, 9.17) is 0 Å². The van der Waals surface area contributed by atoms with Gasteiger partial charge in [0.25, 0.3) is 0 Å². The van der Waals surface area contributed by atoms with Crippen LogP contribution in [-0.4, -0.2) is 50.7 Å². The molecule has 0 fully saturated rings. The van der Waals surface area contributed by atoms with Crippen LogP contribution in [0.2, 0.25) is 0 Å². The Kier molecular flexibility index (Phi) is 5.19. The minimum Gasteiger partial charge on any atom is -0.355 e. The first-order valence-corrected chi connectivity index (χ1v) is 11.8. The molecule has 0 radical (unpaired) electrons. The molecule has 0 bridgehead atoms. The molecule has 4 aromatic rings. The highest BCUT2D eigenvalue weighted by molar-refractivity contribution is 7.91. The number of sulfone groups is 1. The number of nitrogens with zero attached hydrogens (tertiary/aromatic N) is 6. The van der Waals surface area contributed by atoms with E-state index in [1.807, 2.05) is 32.7 Å². The van der Waals surface area contributed by atoms with E-state index in [2.05, 4.69) is 15.1 Å². The minimum absolute atomic E-state index is 0.151. The van der Waals surface area contributed by atoms with Crippen LogP contribution >= 0.6 is 0 Å². The van der Waals surface area contributed by atoms with Crippen LogP contribution in [0, 0.1) is 0 Å². The molecule has 0 amide bonds. The van der Waals surface area contributed by atoms with E-state index >= 15 is 0 Å². The molecule has 4 heterocycles. The molecule has 4 aromatic heterocycles. The molecule has 0 aromatic carbocycles. The fourth-order valence-electron chi connectivity index (χ4n) is 3.37. The average molecular weight is 481 g/mol. The number of hydrogen-bond donors (Lipinski definition) is 0. The Hall–Kier alpha value is -3.15. The summed E-state index contributed by atoms with van der Waals surface area (Å²) in [6.45, 7) is 7.48. The van der Waals surface area contributed by atoms with Crippen LogP contribution < -0.4 is 4.90 Å². The summed E-state index contributed by atoms with van der Waals surface area (Å²) in [6.07, 6.45) is -0.707. The van der Waals surface area contributed by atoms with Crippen LogP contribution in [0.4, 0.5) is 19.0 Å². The van der Waals surface area contributed by atoms with Gasteiger partial charge in [0.15, 0.2) is 20.5 Å². The predicted octanol–water partition coefficient (Wildman–Crippen LogP) is 4.09.